The Morgan fingerprint density at radius 1 is 1.24 bits per heavy atom. The molecule has 110 valence electrons. The fourth-order valence-electron chi connectivity index (χ4n) is 2.36. The van der Waals surface area contributed by atoms with Crippen LogP contribution in [0.15, 0.2) is 46.7 Å². The maximum atomic E-state index is 12.6. The Kier molecular flexibility index (Phi) is 3.10. The molecule has 0 amide bonds. The Morgan fingerprint density at radius 3 is 2.67 bits per heavy atom. The molecule has 0 spiro atoms. The van der Waals surface area contributed by atoms with Crippen molar-refractivity contribution in [2.75, 3.05) is 5.75 Å². The Morgan fingerprint density at radius 2 is 2.00 bits per heavy atom. The van der Waals surface area contributed by atoms with E-state index in [1.54, 1.807) is 25.1 Å². The van der Waals surface area contributed by atoms with Gasteiger partial charge in [-0.05, 0) is 24.6 Å². The molecule has 3 heterocycles. The van der Waals surface area contributed by atoms with Crippen LogP contribution in [0.25, 0.3) is 0 Å². The van der Waals surface area contributed by atoms with Gasteiger partial charge in [-0.2, -0.15) is 0 Å². The number of rotatable bonds is 2. The first-order chi connectivity index (χ1) is 9.82. The van der Waals surface area contributed by atoms with Crippen LogP contribution < -0.4 is 0 Å². The molecule has 0 bridgehead atoms. The van der Waals surface area contributed by atoms with E-state index in [9.17, 15) is 16.8 Å². The van der Waals surface area contributed by atoms with Gasteiger partial charge in [0.15, 0.2) is 19.9 Å². The van der Waals surface area contributed by atoms with Crippen molar-refractivity contribution in [3.63, 3.8) is 0 Å². The Hall–Kier alpha value is -1.80. The fraction of sp³-hybridized carbons (Fsp3) is 0.231. The van der Waals surface area contributed by atoms with Crippen molar-refractivity contribution in [2.24, 2.45) is 0 Å². The number of pyridine rings is 2. The molecular formula is C13H12N2O4S2. The average molecular weight is 324 g/mol. The van der Waals surface area contributed by atoms with Crippen LogP contribution in [0.3, 0.4) is 0 Å². The second-order valence-corrected chi connectivity index (χ2v) is 8.92. The molecule has 1 atom stereocenters. The molecule has 0 N–H and O–H groups in total. The fourth-order valence-corrected chi connectivity index (χ4v) is 6.48. The van der Waals surface area contributed by atoms with Crippen molar-refractivity contribution in [1.29, 1.82) is 0 Å². The third-order valence-electron chi connectivity index (χ3n) is 3.33. The topological polar surface area (TPSA) is 94.1 Å². The number of hydrogen-bond donors (Lipinski definition) is 0. The van der Waals surface area contributed by atoms with E-state index < -0.39 is 30.7 Å². The zero-order valence-electron chi connectivity index (χ0n) is 11.1. The molecule has 0 aromatic carbocycles. The Labute approximate surface area is 122 Å². The van der Waals surface area contributed by atoms with Crippen LogP contribution in [0.4, 0.5) is 0 Å². The van der Waals surface area contributed by atoms with Crippen molar-refractivity contribution < 1.29 is 16.8 Å². The molecule has 2 aromatic rings. The number of sulfone groups is 2. The van der Waals surface area contributed by atoms with Crippen molar-refractivity contribution in [1.82, 2.24) is 9.97 Å². The summed E-state index contributed by atoms with van der Waals surface area (Å²) in [6, 6.07) is 6.09. The average Bonchev–Trinajstić information content (AvgIpc) is 2.71. The number of aryl methyl sites for hydroxylation is 1. The summed E-state index contributed by atoms with van der Waals surface area (Å²) in [4.78, 5) is 7.73. The highest BCUT2D eigenvalue weighted by Crippen LogP contribution is 2.39. The van der Waals surface area contributed by atoms with Gasteiger partial charge >= 0.3 is 0 Å². The molecule has 1 unspecified atom stereocenters. The molecule has 21 heavy (non-hydrogen) atoms. The molecular weight excluding hydrogens is 312 g/mol. The lowest BCUT2D eigenvalue weighted by Gasteiger charge is -2.11. The Balaban J connectivity index is 2.21. The number of nitrogens with zero attached hydrogens (tertiary/aromatic N) is 2. The summed E-state index contributed by atoms with van der Waals surface area (Å²) < 4.78 is 49.5. The molecule has 0 fully saturated rings. The molecule has 2 aromatic heterocycles. The smallest absolute Gasteiger partial charge is 0.203 e. The zero-order chi connectivity index (χ0) is 15.3. The maximum absolute atomic E-state index is 12.6. The van der Waals surface area contributed by atoms with E-state index >= 15 is 0 Å². The van der Waals surface area contributed by atoms with Gasteiger partial charge in [-0.25, -0.2) is 26.8 Å². The summed E-state index contributed by atoms with van der Waals surface area (Å²) in [5.41, 5.74) is 0.952. The first-order valence-electron chi connectivity index (χ1n) is 6.16. The van der Waals surface area contributed by atoms with Crippen molar-refractivity contribution in [3.05, 3.63) is 47.8 Å². The van der Waals surface area contributed by atoms with E-state index in [0.717, 1.165) is 0 Å². The van der Waals surface area contributed by atoms with Crippen molar-refractivity contribution in [3.8, 4) is 0 Å². The lowest BCUT2D eigenvalue weighted by Crippen LogP contribution is -2.16. The van der Waals surface area contributed by atoms with Crippen LogP contribution in [0, 0.1) is 6.92 Å². The standard InChI is InChI=1S/C13H12N2O4S2/c1-9-6-10-11(8-20(16,17)13(10)15-7-9)21(18,19)12-4-2-3-5-14-12/h2-7,11H,8H2,1H3. The quantitative estimate of drug-likeness (QED) is 0.820. The van der Waals surface area contributed by atoms with Gasteiger partial charge in [0.1, 0.15) is 5.25 Å². The van der Waals surface area contributed by atoms with Gasteiger partial charge in [-0.1, -0.05) is 12.1 Å². The third kappa shape index (κ3) is 2.24. The molecule has 6 nitrogen and oxygen atoms in total. The molecule has 1 aliphatic rings. The van der Waals surface area contributed by atoms with E-state index in [4.69, 9.17) is 0 Å². The van der Waals surface area contributed by atoms with Crippen LogP contribution in [-0.4, -0.2) is 32.6 Å². The highest BCUT2D eigenvalue weighted by atomic mass is 32.2. The third-order valence-corrected chi connectivity index (χ3v) is 7.24. The summed E-state index contributed by atoms with van der Waals surface area (Å²) >= 11 is 0. The second kappa shape index (κ2) is 4.60. The minimum Gasteiger partial charge on any atom is -0.245 e. The van der Waals surface area contributed by atoms with Crippen molar-refractivity contribution >= 4 is 19.7 Å². The van der Waals surface area contributed by atoms with Gasteiger partial charge in [0, 0.05) is 18.0 Å². The number of fused-ring (bicyclic) bond motifs is 1. The first-order valence-corrected chi connectivity index (χ1v) is 9.36. The normalized spacial score (nSPS) is 20.1. The predicted molar refractivity (Wildman–Crippen MR) is 75.2 cm³/mol. The zero-order valence-corrected chi connectivity index (χ0v) is 12.7. The van der Waals surface area contributed by atoms with Crippen LogP contribution in [0.1, 0.15) is 16.4 Å². The van der Waals surface area contributed by atoms with Gasteiger partial charge in [-0.15, -0.1) is 0 Å². The maximum Gasteiger partial charge on any atom is 0.203 e. The molecule has 0 saturated heterocycles. The molecule has 0 aliphatic carbocycles. The van der Waals surface area contributed by atoms with Crippen LogP contribution in [0.2, 0.25) is 0 Å². The summed E-state index contributed by atoms with van der Waals surface area (Å²) in [5, 5.41) is -1.42. The van der Waals surface area contributed by atoms with Crippen LogP contribution in [-0.2, 0) is 19.7 Å². The van der Waals surface area contributed by atoms with Crippen molar-refractivity contribution in [2.45, 2.75) is 22.2 Å². The van der Waals surface area contributed by atoms with Gasteiger partial charge < -0.3 is 0 Å². The first kappa shape index (κ1) is 14.2. The van der Waals surface area contributed by atoms with E-state index in [-0.39, 0.29) is 15.6 Å². The van der Waals surface area contributed by atoms with E-state index in [1.807, 2.05) is 0 Å². The number of hydrogen-bond acceptors (Lipinski definition) is 6. The molecule has 0 radical (unpaired) electrons. The predicted octanol–water partition coefficient (Wildman–Crippen LogP) is 1.09. The monoisotopic (exact) mass is 324 g/mol. The van der Waals surface area contributed by atoms with Crippen LogP contribution in [0.5, 0.6) is 0 Å². The summed E-state index contributed by atoms with van der Waals surface area (Å²) in [7, 11) is -7.55. The Bertz CT molecular complexity index is 906. The van der Waals surface area contributed by atoms with Gasteiger partial charge in [0.05, 0.1) is 5.75 Å². The molecule has 3 rings (SSSR count). The van der Waals surface area contributed by atoms with Gasteiger partial charge in [0.2, 0.25) is 9.84 Å². The van der Waals surface area contributed by atoms with E-state index in [1.165, 1.54) is 18.5 Å². The highest BCUT2D eigenvalue weighted by Gasteiger charge is 2.44. The lowest BCUT2D eigenvalue weighted by atomic mass is 10.2. The van der Waals surface area contributed by atoms with Gasteiger partial charge in [-0.3, -0.25) is 0 Å². The largest absolute Gasteiger partial charge is 0.245 e. The minimum absolute atomic E-state index is 0.125. The van der Waals surface area contributed by atoms with Gasteiger partial charge in [0.25, 0.3) is 0 Å². The molecule has 1 aliphatic heterocycles. The lowest BCUT2D eigenvalue weighted by molar-refractivity contribution is 0.579. The summed E-state index contributed by atoms with van der Waals surface area (Å²) in [6.45, 7) is 1.74. The summed E-state index contributed by atoms with van der Waals surface area (Å²) in [5.74, 6) is -0.488. The van der Waals surface area contributed by atoms with Crippen LogP contribution >= 0.6 is 0 Å². The van der Waals surface area contributed by atoms with E-state index in [2.05, 4.69) is 9.97 Å². The summed E-state index contributed by atoms with van der Waals surface area (Å²) in [6.07, 6.45) is 2.79. The minimum atomic E-state index is -3.87. The molecule has 0 saturated carbocycles. The SMILES string of the molecule is Cc1cnc2c(c1)C(S(=O)(=O)c1ccccn1)CS2(=O)=O. The van der Waals surface area contributed by atoms with E-state index in [0.29, 0.717) is 5.56 Å². The highest BCUT2D eigenvalue weighted by molar-refractivity contribution is 7.96. The second-order valence-electron chi connectivity index (χ2n) is 4.89. The molecule has 8 heteroatoms. The number of aromatic nitrogens is 2.